The first-order chi connectivity index (χ1) is 12.2. The Hall–Kier alpha value is -2.44. The van der Waals surface area contributed by atoms with Crippen LogP contribution in [-0.4, -0.2) is 44.1 Å². The van der Waals surface area contributed by atoms with Crippen molar-refractivity contribution in [1.82, 2.24) is 24.6 Å². The van der Waals surface area contributed by atoms with E-state index in [9.17, 15) is 4.79 Å². The van der Waals surface area contributed by atoms with E-state index in [2.05, 4.69) is 20.4 Å². The van der Waals surface area contributed by atoms with Crippen LogP contribution in [0.4, 0.5) is 5.82 Å². The van der Waals surface area contributed by atoms with Crippen molar-refractivity contribution in [3.63, 3.8) is 0 Å². The zero-order valence-corrected chi connectivity index (χ0v) is 14.8. The number of aromatic nitrogens is 4. The molecule has 0 aromatic carbocycles. The molecule has 7 nitrogen and oxygen atoms in total. The summed E-state index contributed by atoms with van der Waals surface area (Å²) in [6.45, 7) is 3.49. The highest BCUT2D eigenvalue weighted by Crippen LogP contribution is 2.40. The van der Waals surface area contributed by atoms with Crippen LogP contribution in [0, 0.1) is 0 Å². The third kappa shape index (κ3) is 2.99. The Balaban J connectivity index is 1.62. The topological polar surface area (TPSA) is 75.9 Å². The maximum Gasteiger partial charge on any atom is 0.272 e. The minimum absolute atomic E-state index is 0.0159. The van der Waals surface area contributed by atoms with Crippen molar-refractivity contribution < 1.29 is 4.79 Å². The van der Waals surface area contributed by atoms with Crippen LogP contribution in [0.5, 0.6) is 0 Å². The van der Waals surface area contributed by atoms with Gasteiger partial charge in [-0.2, -0.15) is 5.10 Å². The van der Waals surface area contributed by atoms with Gasteiger partial charge < -0.3 is 10.2 Å². The smallest absolute Gasteiger partial charge is 0.272 e. The molecule has 1 aliphatic carbocycles. The molecule has 7 heteroatoms. The molecule has 0 radical (unpaired) electrons. The van der Waals surface area contributed by atoms with Gasteiger partial charge in [-0.3, -0.25) is 14.5 Å². The highest BCUT2D eigenvalue weighted by Gasteiger charge is 2.35. The fourth-order valence-corrected chi connectivity index (χ4v) is 3.55. The molecule has 1 saturated carbocycles. The first-order valence-electron chi connectivity index (χ1n) is 9.09. The molecule has 1 saturated heterocycles. The minimum Gasteiger partial charge on any atom is -0.372 e. The van der Waals surface area contributed by atoms with Gasteiger partial charge in [0.15, 0.2) is 0 Å². The van der Waals surface area contributed by atoms with Gasteiger partial charge in [-0.15, -0.1) is 0 Å². The number of carbonyl (C=O) groups excluding carboxylic acids is 1. The molecular formula is C18H24N6O. The van der Waals surface area contributed by atoms with E-state index in [0.717, 1.165) is 36.6 Å². The maximum atomic E-state index is 13.2. The van der Waals surface area contributed by atoms with Crippen molar-refractivity contribution in [3.8, 4) is 0 Å². The number of aryl methyl sites for hydroxylation is 1. The Morgan fingerprint density at radius 3 is 2.84 bits per heavy atom. The third-order valence-electron chi connectivity index (χ3n) is 5.08. The molecule has 2 aliphatic rings. The lowest BCUT2D eigenvalue weighted by molar-refractivity contribution is 0.0720. The molecule has 2 fully saturated rings. The number of likely N-dealkylation sites (tertiary alicyclic amines) is 1. The first-order valence-corrected chi connectivity index (χ1v) is 9.09. The lowest BCUT2D eigenvalue weighted by Crippen LogP contribution is -2.32. The number of nitrogens with one attached hydrogen (secondary N) is 1. The SMILES string of the molecule is CCn1nc(C2CC2)cc1C(=O)N1CCC[C@@H]1c1cncc(NC)n1. The van der Waals surface area contributed by atoms with Gasteiger partial charge in [-0.25, -0.2) is 4.98 Å². The van der Waals surface area contributed by atoms with Crippen molar-refractivity contribution >= 4 is 11.7 Å². The van der Waals surface area contributed by atoms with Crippen molar-refractivity contribution in [2.24, 2.45) is 0 Å². The fraction of sp³-hybridized carbons (Fsp3) is 0.556. The van der Waals surface area contributed by atoms with Gasteiger partial charge >= 0.3 is 0 Å². The van der Waals surface area contributed by atoms with Crippen LogP contribution < -0.4 is 5.32 Å². The van der Waals surface area contributed by atoms with Crippen LogP contribution in [0.2, 0.25) is 0 Å². The zero-order chi connectivity index (χ0) is 17.4. The molecule has 132 valence electrons. The predicted octanol–water partition coefficient (Wildman–Crippen LogP) is 2.59. The number of amides is 1. The lowest BCUT2D eigenvalue weighted by Gasteiger charge is -2.24. The molecule has 1 amide bonds. The molecular weight excluding hydrogens is 316 g/mol. The molecule has 2 aromatic heterocycles. The third-order valence-corrected chi connectivity index (χ3v) is 5.08. The Morgan fingerprint density at radius 2 is 2.12 bits per heavy atom. The molecule has 1 atom stereocenters. The van der Waals surface area contributed by atoms with Crippen LogP contribution in [0.1, 0.15) is 66.4 Å². The molecule has 0 bridgehead atoms. The fourth-order valence-electron chi connectivity index (χ4n) is 3.55. The molecule has 25 heavy (non-hydrogen) atoms. The van der Waals surface area contributed by atoms with Crippen LogP contribution >= 0.6 is 0 Å². The van der Waals surface area contributed by atoms with Crippen LogP contribution in [-0.2, 0) is 6.54 Å². The Labute approximate surface area is 147 Å². The van der Waals surface area contributed by atoms with Gasteiger partial charge in [-0.1, -0.05) is 0 Å². The zero-order valence-electron chi connectivity index (χ0n) is 14.8. The van der Waals surface area contributed by atoms with Gasteiger partial charge in [0.05, 0.1) is 29.8 Å². The normalized spacial score (nSPS) is 20.1. The van der Waals surface area contributed by atoms with Crippen LogP contribution in [0.25, 0.3) is 0 Å². The largest absolute Gasteiger partial charge is 0.372 e. The second-order valence-electron chi connectivity index (χ2n) is 6.78. The van der Waals surface area contributed by atoms with Crippen molar-refractivity contribution in [2.45, 2.75) is 51.1 Å². The van der Waals surface area contributed by atoms with Gasteiger partial charge in [0.1, 0.15) is 11.5 Å². The van der Waals surface area contributed by atoms with E-state index >= 15 is 0 Å². The lowest BCUT2D eigenvalue weighted by atomic mass is 10.1. The molecule has 1 aliphatic heterocycles. The quantitative estimate of drug-likeness (QED) is 0.905. The second kappa shape index (κ2) is 6.46. The summed E-state index contributed by atoms with van der Waals surface area (Å²) in [5.41, 5.74) is 2.62. The minimum atomic E-state index is -0.0159. The molecule has 1 N–H and O–H groups in total. The second-order valence-corrected chi connectivity index (χ2v) is 6.78. The summed E-state index contributed by atoms with van der Waals surface area (Å²) in [6.07, 6.45) is 7.74. The average molecular weight is 340 g/mol. The summed E-state index contributed by atoms with van der Waals surface area (Å²) in [7, 11) is 1.82. The van der Waals surface area contributed by atoms with E-state index in [0.29, 0.717) is 18.2 Å². The van der Waals surface area contributed by atoms with E-state index in [1.165, 1.54) is 12.8 Å². The Bertz CT molecular complexity index is 782. The molecule has 4 rings (SSSR count). The Kier molecular flexibility index (Phi) is 4.15. The van der Waals surface area contributed by atoms with Crippen LogP contribution in [0.15, 0.2) is 18.5 Å². The Morgan fingerprint density at radius 1 is 1.28 bits per heavy atom. The average Bonchev–Trinajstić information content (AvgIpc) is 3.23. The van der Waals surface area contributed by atoms with E-state index in [1.807, 2.05) is 29.6 Å². The number of nitrogens with zero attached hydrogens (tertiary/aromatic N) is 5. The monoisotopic (exact) mass is 340 g/mol. The molecule has 0 spiro atoms. The van der Waals surface area contributed by atoms with Gasteiger partial charge in [0, 0.05) is 26.1 Å². The summed E-state index contributed by atoms with van der Waals surface area (Å²) in [5.74, 6) is 1.33. The van der Waals surface area contributed by atoms with Crippen molar-refractivity contribution in [3.05, 3.63) is 35.5 Å². The number of carbonyl (C=O) groups is 1. The summed E-state index contributed by atoms with van der Waals surface area (Å²) in [5, 5.41) is 7.66. The van der Waals surface area contributed by atoms with Crippen molar-refractivity contribution in [2.75, 3.05) is 18.9 Å². The number of hydrogen-bond acceptors (Lipinski definition) is 5. The van der Waals surface area contributed by atoms with E-state index in [-0.39, 0.29) is 11.9 Å². The van der Waals surface area contributed by atoms with E-state index in [4.69, 9.17) is 0 Å². The summed E-state index contributed by atoms with van der Waals surface area (Å²) < 4.78 is 1.85. The van der Waals surface area contributed by atoms with Gasteiger partial charge in [0.2, 0.25) is 0 Å². The predicted molar refractivity (Wildman–Crippen MR) is 94.5 cm³/mol. The van der Waals surface area contributed by atoms with Crippen LogP contribution in [0.3, 0.4) is 0 Å². The highest BCUT2D eigenvalue weighted by molar-refractivity contribution is 5.93. The number of hydrogen-bond donors (Lipinski definition) is 1. The highest BCUT2D eigenvalue weighted by atomic mass is 16.2. The summed E-state index contributed by atoms with van der Waals surface area (Å²) >= 11 is 0. The standard InChI is InChI=1S/C18H24N6O/c1-3-24-16(9-13(22-24)12-6-7-12)18(25)23-8-4-5-15(23)14-10-20-11-17(19-2)21-14/h9-12,15H,3-8H2,1-2H3,(H,19,21)/t15-/m1/s1. The summed E-state index contributed by atoms with van der Waals surface area (Å²) in [4.78, 5) is 24.0. The molecule has 0 unspecified atom stereocenters. The first kappa shape index (κ1) is 16.1. The van der Waals surface area contributed by atoms with E-state index < -0.39 is 0 Å². The number of anilines is 1. The molecule has 2 aromatic rings. The van der Waals surface area contributed by atoms with Gasteiger partial charge in [0.25, 0.3) is 5.91 Å². The maximum absolute atomic E-state index is 13.2. The van der Waals surface area contributed by atoms with Crippen molar-refractivity contribution in [1.29, 1.82) is 0 Å². The van der Waals surface area contributed by atoms with E-state index in [1.54, 1.807) is 12.4 Å². The summed E-state index contributed by atoms with van der Waals surface area (Å²) in [6, 6.07) is 1.98. The van der Waals surface area contributed by atoms with Gasteiger partial charge in [-0.05, 0) is 38.7 Å². The molecule has 3 heterocycles. The number of rotatable bonds is 5.